The van der Waals surface area contributed by atoms with Crippen LogP contribution in [-0.2, 0) is 14.8 Å². The van der Waals surface area contributed by atoms with Crippen LogP contribution in [0, 0.1) is 5.82 Å². The van der Waals surface area contributed by atoms with Gasteiger partial charge in [0.1, 0.15) is 10.7 Å². The van der Waals surface area contributed by atoms with Gasteiger partial charge >= 0.3 is 0 Å². The van der Waals surface area contributed by atoms with E-state index in [2.05, 4.69) is 15.9 Å². The van der Waals surface area contributed by atoms with E-state index < -0.39 is 20.7 Å². The van der Waals surface area contributed by atoms with Crippen molar-refractivity contribution >= 4 is 31.9 Å². The van der Waals surface area contributed by atoms with Crippen molar-refractivity contribution < 1.29 is 17.6 Å². The number of rotatable bonds is 2. The fraction of sp³-hybridized carbons (Fsp3) is 0.364. The van der Waals surface area contributed by atoms with Crippen LogP contribution in [0.5, 0.6) is 0 Å². The molecule has 8 heteroatoms. The quantitative estimate of drug-likeness (QED) is 0.801. The lowest BCUT2D eigenvalue weighted by molar-refractivity contribution is -0.132. The third kappa shape index (κ3) is 2.80. The van der Waals surface area contributed by atoms with Crippen molar-refractivity contribution in [2.75, 3.05) is 26.7 Å². The molecule has 5 nitrogen and oxygen atoms in total. The summed E-state index contributed by atoms with van der Waals surface area (Å²) in [5.74, 6) is -1.13. The molecular weight excluding hydrogens is 339 g/mol. The fourth-order valence-electron chi connectivity index (χ4n) is 1.77. The molecule has 1 amide bonds. The first-order chi connectivity index (χ1) is 8.82. The van der Waals surface area contributed by atoms with Gasteiger partial charge in [-0.25, -0.2) is 12.8 Å². The average Bonchev–Trinajstić information content (AvgIpc) is 2.32. The fourth-order valence-corrected chi connectivity index (χ4v) is 3.52. The van der Waals surface area contributed by atoms with Gasteiger partial charge in [0.05, 0.1) is 6.54 Å². The lowest BCUT2D eigenvalue weighted by Crippen LogP contribution is -2.50. The number of nitrogens with zero attached hydrogens (tertiary/aromatic N) is 2. The van der Waals surface area contributed by atoms with Crippen molar-refractivity contribution in [3.05, 3.63) is 28.5 Å². The minimum atomic E-state index is -3.98. The Labute approximate surface area is 119 Å². The highest BCUT2D eigenvalue weighted by Crippen LogP contribution is 2.23. The first-order valence-corrected chi connectivity index (χ1v) is 7.75. The Morgan fingerprint density at radius 3 is 2.58 bits per heavy atom. The molecule has 0 saturated carbocycles. The lowest BCUT2D eigenvalue weighted by atomic mass is 10.3. The molecule has 0 radical (unpaired) electrons. The summed E-state index contributed by atoms with van der Waals surface area (Å²) in [6.45, 7) is 0.213. The molecule has 1 saturated heterocycles. The first kappa shape index (κ1) is 14.4. The average molecular weight is 351 g/mol. The van der Waals surface area contributed by atoms with Gasteiger partial charge < -0.3 is 4.90 Å². The van der Waals surface area contributed by atoms with E-state index in [1.54, 1.807) is 7.05 Å². The van der Waals surface area contributed by atoms with Crippen LogP contribution < -0.4 is 0 Å². The summed E-state index contributed by atoms with van der Waals surface area (Å²) in [5.41, 5.74) is 0. The summed E-state index contributed by atoms with van der Waals surface area (Å²) in [5, 5.41) is 0. The Morgan fingerprint density at radius 2 is 2.00 bits per heavy atom. The summed E-state index contributed by atoms with van der Waals surface area (Å²) >= 11 is 3.07. The van der Waals surface area contributed by atoms with E-state index in [1.807, 2.05) is 0 Å². The number of carbonyl (C=O) groups is 1. The van der Waals surface area contributed by atoms with E-state index in [0.29, 0.717) is 11.0 Å². The van der Waals surface area contributed by atoms with E-state index in [0.717, 1.165) is 10.4 Å². The molecule has 1 fully saturated rings. The summed E-state index contributed by atoms with van der Waals surface area (Å²) in [6.07, 6.45) is 0. The summed E-state index contributed by atoms with van der Waals surface area (Å²) in [4.78, 5) is 12.6. The molecule has 2 rings (SSSR count). The van der Waals surface area contributed by atoms with Crippen LogP contribution in [0.3, 0.4) is 0 Å². The van der Waals surface area contributed by atoms with Crippen molar-refractivity contribution in [2.24, 2.45) is 0 Å². The Balaban J connectivity index is 2.35. The molecule has 1 heterocycles. The molecule has 1 aromatic carbocycles. The highest BCUT2D eigenvalue weighted by atomic mass is 79.9. The number of hydrogen-bond acceptors (Lipinski definition) is 3. The molecule has 0 aromatic heterocycles. The van der Waals surface area contributed by atoms with Crippen molar-refractivity contribution in [3.63, 3.8) is 0 Å². The smallest absolute Gasteiger partial charge is 0.246 e. The monoisotopic (exact) mass is 350 g/mol. The van der Waals surface area contributed by atoms with Gasteiger partial charge in [-0.15, -0.1) is 0 Å². The summed E-state index contributed by atoms with van der Waals surface area (Å²) < 4.78 is 39.7. The minimum Gasteiger partial charge on any atom is -0.343 e. The largest absolute Gasteiger partial charge is 0.343 e. The molecule has 0 unspecified atom stereocenters. The van der Waals surface area contributed by atoms with Crippen molar-refractivity contribution in [2.45, 2.75) is 4.90 Å². The van der Waals surface area contributed by atoms with Gasteiger partial charge in [0, 0.05) is 24.6 Å². The standard InChI is InChI=1S/C11H12BrFN2O3S/c1-14-4-5-15(7-11(14)16)19(17,18)10-3-2-8(12)6-9(10)13/h2-3,6H,4-5,7H2,1H3. The van der Waals surface area contributed by atoms with Crippen LogP contribution >= 0.6 is 15.9 Å². The third-order valence-electron chi connectivity index (χ3n) is 2.93. The Morgan fingerprint density at radius 1 is 1.32 bits per heavy atom. The lowest BCUT2D eigenvalue weighted by Gasteiger charge is -2.31. The number of sulfonamides is 1. The molecule has 19 heavy (non-hydrogen) atoms. The van der Waals surface area contributed by atoms with Gasteiger partial charge in [-0.3, -0.25) is 4.79 Å². The minimum absolute atomic E-state index is 0.167. The van der Waals surface area contributed by atoms with E-state index in [9.17, 15) is 17.6 Å². The molecule has 0 atom stereocenters. The number of hydrogen-bond donors (Lipinski definition) is 0. The number of piperazine rings is 1. The second-order valence-corrected chi connectivity index (χ2v) is 7.05. The van der Waals surface area contributed by atoms with Crippen LogP contribution in [0.1, 0.15) is 0 Å². The molecule has 1 aromatic rings. The molecule has 0 aliphatic carbocycles. The van der Waals surface area contributed by atoms with Gasteiger partial charge in [0.25, 0.3) is 0 Å². The second kappa shape index (κ2) is 5.18. The van der Waals surface area contributed by atoms with E-state index >= 15 is 0 Å². The van der Waals surface area contributed by atoms with Crippen molar-refractivity contribution in [1.29, 1.82) is 0 Å². The number of benzene rings is 1. The molecule has 0 bridgehead atoms. The van der Waals surface area contributed by atoms with Gasteiger partial charge in [-0.05, 0) is 18.2 Å². The topological polar surface area (TPSA) is 57.7 Å². The Hall–Kier alpha value is -0.990. The van der Waals surface area contributed by atoms with Crippen molar-refractivity contribution in [3.8, 4) is 0 Å². The van der Waals surface area contributed by atoms with Crippen LogP contribution in [-0.4, -0.2) is 50.2 Å². The maximum absolute atomic E-state index is 13.7. The third-order valence-corrected chi connectivity index (χ3v) is 5.31. The van der Waals surface area contributed by atoms with E-state index in [4.69, 9.17) is 0 Å². The zero-order chi connectivity index (χ0) is 14.2. The van der Waals surface area contributed by atoms with Crippen molar-refractivity contribution in [1.82, 2.24) is 9.21 Å². The molecular formula is C11H12BrFN2O3S. The van der Waals surface area contributed by atoms with Gasteiger partial charge in [0.15, 0.2) is 0 Å². The van der Waals surface area contributed by atoms with Gasteiger partial charge in [-0.2, -0.15) is 4.31 Å². The Kier molecular flexibility index (Phi) is 3.93. The van der Waals surface area contributed by atoms with Gasteiger partial charge in [-0.1, -0.05) is 15.9 Å². The molecule has 104 valence electrons. The van der Waals surface area contributed by atoms with Crippen LogP contribution in [0.25, 0.3) is 0 Å². The van der Waals surface area contributed by atoms with E-state index in [-0.39, 0.29) is 19.0 Å². The maximum Gasteiger partial charge on any atom is 0.246 e. The molecule has 0 N–H and O–H groups in total. The predicted octanol–water partition coefficient (Wildman–Crippen LogP) is 1.05. The number of amides is 1. The maximum atomic E-state index is 13.7. The molecule has 0 spiro atoms. The van der Waals surface area contributed by atoms with Crippen LogP contribution in [0.4, 0.5) is 4.39 Å². The normalized spacial score (nSPS) is 17.8. The first-order valence-electron chi connectivity index (χ1n) is 5.51. The second-order valence-electron chi connectivity index (χ2n) is 4.23. The number of carbonyl (C=O) groups excluding carboxylic acids is 1. The SMILES string of the molecule is CN1CCN(S(=O)(=O)c2ccc(Br)cc2F)CC1=O. The zero-order valence-corrected chi connectivity index (χ0v) is 12.5. The van der Waals surface area contributed by atoms with Gasteiger partial charge in [0.2, 0.25) is 15.9 Å². The molecule has 1 aliphatic rings. The predicted molar refractivity (Wildman–Crippen MR) is 70.5 cm³/mol. The molecule has 1 aliphatic heterocycles. The highest BCUT2D eigenvalue weighted by molar-refractivity contribution is 9.10. The number of likely N-dealkylation sites (N-methyl/N-ethyl adjacent to an activating group) is 1. The Bertz CT molecular complexity index is 620. The van der Waals surface area contributed by atoms with Crippen LogP contribution in [0.2, 0.25) is 0 Å². The summed E-state index contributed by atoms with van der Waals surface area (Å²) in [6, 6.07) is 3.73. The summed E-state index contributed by atoms with van der Waals surface area (Å²) in [7, 11) is -2.37. The van der Waals surface area contributed by atoms with E-state index in [1.165, 1.54) is 17.0 Å². The van der Waals surface area contributed by atoms with Crippen LogP contribution in [0.15, 0.2) is 27.6 Å². The zero-order valence-electron chi connectivity index (χ0n) is 10.1. The highest BCUT2D eigenvalue weighted by Gasteiger charge is 2.33. The number of halogens is 2.